The van der Waals surface area contributed by atoms with E-state index in [0.29, 0.717) is 11.4 Å². The Bertz CT molecular complexity index is 1220. The van der Waals surface area contributed by atoms with Crippen molar-refractivity contribution in [3.8, 4) is 0 Å². The zero-order valence-corrected chi connectivity index (χ0v) is 15.3. The van der Waals surface area contributed by atoms with Crippen LogP contribution in [0.1, 0.15) is 16.2 Å². The summed E-state index contributed by atoms with van der Waals surface area (Å²) in [5.41, 5.74) is 2.20. The van der Waals surface area contributed by atoms with E-state index in [1.54, 1.807) is 13.1 Å². The van der Waals surface area contributed by atoms with Crippen LogP contribution in [0.15, 0.2) is 60.8 Å². The minimum absolute atomic E-state index is 0.0814. The first kappa shape index (κ1) is 18.4. The third-order valence-electron chi connectivity index (χ3n) is 4.14. The van der Waals surface area contributed by atoms with Crippen molar-refractivity contribution >= 4 is 34.1 Å². The molecule has 2 N–H and O–H groups in total. The Kier molecular flexibility index (Phi) is 4.82. The van der Waals surface area contributed by atoms with Gasteiger partial charge in [0, 0.05) is 29.0 Å². The van der Waals surface area contributed by atoms with E-state index in [9.17, 15) is 13.6 Å². The number of carbonyl (C=O) groups excluding carboxylic acids is 1. The zero-order valence-electron chi connectivity index (χ0n) is 15.3. The fourth-order valence-corrected chi connectivity index (χ4v) is 2.84. The van der Waals surface area contributed by atoms with E-state index >= 15 is 0 Å². The largest absolute Gasteiger partial charge is 0.322 e. The monoisotopic (exact) mass is 391 g/mol. The number of fused-ring (bicyclic) bond motifs is 1. The summed E-state index contributed by atoms with van der Waals surface area (Å²) in [5, 5.41) is 6.53. The molecule has 0 bridgehead atoms. The highest BCUT2D eigenvalue weighted by Gasteiger charge is 2.13. The Balaban J connectivity index is 1.61. The fraction of sp³-hybridized carbons (Fsp3) is 0.0476. The lowest BCUT2D eigenvalue weighted by Crippen LogP contribution is -2.15. The predicted molar refractivity (Wildman–Crippen MR) is 106 cm³/mol. The first-order chi connectivity index (χ1) is 14.0. The highest BCUT2D eigenvalue weighted by molar-refractivity contribution is 6.03. The van der Waals surface area contributed by atoms with Gasteiger partial charge in [-0.3, -0.25) is 9.78 Å². The van der Waals surface area contributed by atoms with Crippen LogP contribution in [0.3, 0.4) is 0 Å². The number of hydrogen-bond donors (Lipinski definition) is 2. The van der Waals surface area contributed by atoms with Crippen molar-refractivity contribution in [2.45, 2.75) is 6.92 Å². The van der Waals surface area contributed by atoms with Crippen molar-refractivity contribution in [3.63, 3.8) is 0 Å². The normalized spacial score (nSPS) is 10.7. The quantitative estimate of drug-likeness (QED) is 0.531. The number of rotatable bonds is 4. The molecule has 0 saturated heterocycles. The number of halogens is 2. The maximum atomic E-state index is 13.4. The van der Waals surface area contributed by atoms with E-state index in [2.05, 4.69) is 25.6 Å². The van der Waals surface area contributed by atoms with E-state index in [4.69, 9.17) is 0 Å². The number of aromatic nitrogens is 3. The van der Waals surface area contributed by atoms with E-state index in [1.807, 2.05) is 30.3 Å². The molecule has 2 aromatic heterocycles. The summed E-state index contributed by atoms with van der Waals surface area (Å²) in [5.74, 6) is -2.39. The molecule has 8 heteroatoms. The molecule has 0 aliphatic heterocycles. The van der Waals surface area contributed by atoms with Gasteiger partial charge in [0.05, 0.1) is 11.2 Å². The second-order valence-electron chi connectivity index (χ2n) is 6.31. The SMILES string of the molecule is Cc1cc(C(=O)Nc2ccc(F)c(F)c2)nc(Nc2cccc3cccnc23)n1. The van der Waals surface area contributed by atoms with Crippen LogP contribution < -0.4 is 10.6 Å². The minimum Gasteiger partial charge on any atom is -0.322 e. The molecule has 29 heavy (non-hydrogen) atoms. The Morgan fingerprint density at radius 2 is 1.79 bits per heavy atom. The third kappa shape index (κ3) is 4.01. The minimum atomic E-state index is -1.05. The summed E-state index contributed by atoms with van der Waals surface area (Å²) in [4.78, 5) is 25.4. The van der Waals surface area contributed by atoms with Gasteiger partial charge in [-0.05, 0) is 37.3 Å². The Labute approximate surface area is 164 Å². The highest BCUT2D eigenvalue weighted by Crippen LogP contribution is 2.23. The number of aryl methyl sites for hydroxylation is 1. The summed E-state index contributed by atoms with van der Waals surface area (Å²) >= 11 is 0. The molecular formula is C21H15F2N5O. The molecule has 0 atom stereocenters. The van der Waals surface area contributed by atoms with Gasteiger partial charge >= 0.3 is 0 Å². The van der Waals surface area contributed by atoms with Crippen molar-refractivity contribution in [1.29, 1.82) is 0 Å². The summed E-state index contributed by atoms with van der Waals surface area (Å²) in [7, 11) is 0. The number of hydrogen-bond acceptors (Lipinski definition) is 5. The van der Waals surface area contributed by atoms with Gasteiger partial charge < -0.3 is 10.6 Å². The molecule has 0 aliphatic rings. The van der Waals surface area contributed by atoms with Crippen LogP contribution in [0, 0.1) is 18.6 Å². The first-order valence-electron chi connectivity index (χ1n) is 8.72. The van der Waals surface area contributed by atoms with E-state index in [-0.39, 0.29) is 17.3 Å². The number of carbonyl (C=O) groups is 1. The van der Waals surface area contributed by atoms with Crippen molar-refractivity contribution in [2.75, 3.05) is 10.6 Å². The molecule has 6 nitrogen and oxygen atoms in total. The molecule has 0 unspecified atom stereocenters. The lowest BCUT2D eigenvalue weighted by atomic mass is 10.2. The second kappa shape index (κ2) is 7.59. The molecule has 144 valence electrons. The molecule has 4 aromatic rings. The molecule has 0 fully saturated rings. The van der Waals surface area contributed by atoms with Crippen LogP contribution in [0.4, 0.5) is 26.1 Å². The van der Waals surface area contributed by atoms with Gasteiger partial charge in [0.25, 0.3) is 5.91 Å². The summed E-state index contributed by atoms with van der Waals surface area (Å²) in [6, 6.07) is 14.0. The van der Waals surface area contributed by atoms with Gasteiger partial charge in [-0.25, -0.2) is 18.7 Å². The van der Waals surface area contributed by atoms with Gasteiger partial charge in [-0.2, -0.15) is 0 Å². The number of nitrogens with zero attached hydrogens (tertiary/aromatic N) is 3. The molecule has 2 aromatic carbocycles. The topological polar surface area (TPSA) is 79.8 Å². The van der Waals surface area contributed by atoms with Gasteiger partial charge in [0.1, 0.15) is 5.69 Å². The predicted octanol–water partition coefficient (Wildman–Crippen LogP) is 4.61. The Hall–Kier alpha value is -3.94. The molecular weight excluding hydrogens is 376 g/mol. The van der Waals surface area contributed by atoms with E-state index < -0.39 is 17.5 Å². The van der Waals surface area contributed by atoms with Crippen molar-refractivity contribution in [1.82, 2.24) is 15.0 Å². The average Bonchev–Trinajstić information content (AvgIpc) is 2.70. The fourth-order valence-electron chi connectivity index (χ4n) is 2.84. The van der Waals surface area contributed by atoms with Gasteiger partial charge in [-0.1, -0.05) is 18.2 Å². The van der Waals surface area contributed by atoms with Crippen molar-refractivity contribution < 1.29 is 13.6 Å². The van der Waals surface area contributed by atoms with Crippen LogP contribution in [0.2, 0.25) is 0 Å². The molecule has 4 rings (SSSR count). The van der Waals surface area contributed by atoms with Crippen molar-refractivity contribution in [2.24, 2.45) is 0 Å². The molecule has 0 aliphatic carbocycles. The van der Waals surface area contributed by atoms with Crippen LogP contribution in [0.25, 0.3) is 10.9 Å². The van der Waals surface area contributed by atoms with Crippen molar-refractivity contribution in [3.05, 3.63) is 83.8 Å². The Morgan fingerprint density at radius 3 is 2.62 bits per heavy atom. The van der Waals surface area contributed by atoms with Crippen LogP contribution >= 0.6 is 0 Å². The van der Waals surface area contributed by atoms with Crippen LogP contribution in [-0.2, 0) is 0 Å². The first-order valence-corrected chi connectivity index (χ1v) is 8.72. The number of benzene rings is 2. The molecule has 0 spiro atoms. The lowest BCUT2D eigenvalue weighted by molar-refractivity contribution is 0.102. The molecule has 2 heterocycles. The van der Waals surface area contributed by atoms with E-state index in [1.165, 1.54) is 12.1 Å². The second-order valence-corrected chi connectivity index (χ2v) is 6.31. The van der Waals surface area contributed by atoms with Gasteiger partial charge in [-0.15, -0.1) is 0 Å². The standard InChI is InChI=1S/C21H15F2N5O/c1-12-10-18(20(29)26-14-7-8-15(22)16(23)11-14)28-21(25-12)27-17-6-2-4-13-5-3-9-24-19(13)17/h2-11H,1H3,(H,26,29)(H,25,27,28). The average molecular weight is 391 g/mol. The Morgan fingerprint density at radius 1 is 0.966 bits per heavy atom. The number of para-hydroxylation sites is 1. The summed E-state index contributed by atoms with van der Waals surface area (Å²) in [6.45, 7) is 1.72. The number of anilines is 3. The molecule has 0 saturated carbocycles. The summed E-state index contributed by atoms with van der Waals surface area (Å²) in [6.07, 6.45) is 1.69. The maximum Gasteiger partial charge on any atom is 0.274 e. The molecule has 1 amide bonds. The number of amides is 1. The lowest BCUT2D eigenvalue weighted by Gasteiger charge is -2.10. The van der Waals surface area contributed by atoms with Crippen LogP contribution in [-0.4, -0.2) is 20.9 Å². The van der Waals surface area contributed by atoms with Gasteiger partial charge in [0.2, 0.25) is 5.95 Å². The third-order valence-corrected chi connectivity index (χ3v) is 4.14. The zero-order chi connectivity index (χ0) is 20.4. The molecule has 0 radical (unpaired) electrons. The van der Waals surface area contributed by atoms with Crippen LogP contribution in [0.5, 0.6) is 0 Å². The maximum absolute atomic E-state index is 13.4. The van der Waals surface area contributed by atoms with E-state index in [0.717, 1.165) is 23.0 Å². The smallest absolute Gasteiger partial charge is 0.274 e. The number of pyridine rings is 1. The number of nitrogens with one attached hydrogen (secondary N) is 2. The van der Waals surface area contributed by atoms with Gasteiger partial charge in [0.15, 0.2) is 11.6 Å². The highest BCUT2D eigenvalue weighted by atomic mass is 19.2. The summed E-state index contributed by atoms with van der Waals surface area (Å²) < 4.78 is 26.4.